The molecular weight excluding hydrogens is 248 g/mol. The van der Waals surface area contributed by atoms with Crippen LogP contribution in [0.3, 0.4) is 0 Å². The van der Waals surface area contributed by atoms with Gasteiger partial charge < -0.3 is 10.2 Å². The van der Waals surface area contributed by atoms with Crippen molar-refractivity contribution in [3.63, 3.8) is 0 Å². The van der Waals surface area contributed by atoms with E-state index in [2.05, 4.69) is 4.98 Å². The summed E-state index contributed by atoms with van der Waals surface area (Å²) in [5, 5.41) is 20.8. The van der Waals surface area contributed by atoms with Gasteiger partial charge in [0.05, 0.1) is 30.8 Å². The Kier molecular flexibility index (Phi) is 6.23. The smallest absolute Gasteiger partial charge is 0.110 e. The SMILES string of the molecule is CC(c1nc(CCl)cs1)N(CCO)CCO. The van der Waals surface area contributed by atoms with Gasteiger partial charge in [0.25, 0.3) is 0 Å². The number of alkyl halides is 1. The third-order valence-electron chi connectivity index (χ3n) is 2.39. The molecule has 16 heavy (non-hydrogen) atoms. The zero-order chi connectivity index (χ0) is 12.0. The number of hydrogen-bond donors (Lipinski definition) is 2. The van der Waals surface area contributed by atoms with E-state index < -0.39 is 0 Å². The summed E-state index contributed by atoms with van der Waals surface area (Å²) in [5.41, 5.74) is 0.876. The van der Waals surface area contributed by atoms with Crippen molar-refractivity contribution < 1.29 is 10.2 Å². The van der Waals surface area contributed by atoms with Crippen LogP contribution in [0.4, 0.5) is 0 Å². The van der Waals surface area contributed by atoms with E-state index in [1.807, 2.05) is 17.2 Å². The number of halogens is 1. The lowest BCUT2D eigenvalue weighted by molar-refractivity contribution is 0.128. The molecule has 0 amide bonds. The average Bonchev–Trinajstić information content (AvgIpc) is 2.76. The standard InChI is InChI=1S/C10H17ClN2O2S/c1-8(13(2-4-14)3-5-15)10-12-9(6-11)7-16-10/h7-8,14-15H,2-6H2,1H3. The fourth-order valence-electron chi connectivity index (χ4n) is 1.49. The molecule has 0 spiro atoms. The second kappa shape index (κ2) is 7.19. The lowest BCUT2D eigenvalue weighted by Crippen LogP contribution is -2.32. The van der Waals surface area contributed by atoms with Crippen molar-refractivity contribution in [1.82, 2.24) is 9.88 Å². The number of rotatable bonds is 7. The highest BCUT2D eigenvalue weighted by Crippen LogP contribution is 2.23. The molecule has 0 saturated carbocycles. The Labute approximate surface area is 104 Å². The van der Waals surface area contributed by atoms with Crippen molar-refractivity contribution >= 4 is 22.9 Å². The molecule has 0 fully saturated rings. The van der Waals surface area contributed by atoms with Crippen molar-refractivity contribution in [3.8, 4) is 0 Å². The number of thiazole rings is 1. The first kappa shape index (κ1) is 13.9. The molecule has 0 radical (unpaired) electrons. The summed E-state index contributed by atoms with van der Waals surface area (Å²) in [7, 11) is 0. The molecule has 6 heteroatoms. The van der Waals surface area contributed by atoms with Gasteiger partial charge in [-0.2, -0.15) is 0 Å². The number of hydrogen-bond acceptors (Lipinski definition) is 5. The Morgan fingerprint density at radius 3 is 2.50 bits per heavy atom. The molecule has 92 valence electrons. The zero-order valence-electron chi connectivity index (χ0n) is 9.27. The highest BCUT2D eigenvalue weighted by molar-refractivity contribution is 7.09. The molecule has 0 aliphatic heterocycles. The summed E-state index contributed by atoms with van der Waals surface area (Å²) in [6.45, 7) is 3.26. The van der Waals surface area contributed by atoms with E-state index in [0.717, 1.165) is 10.7 Å². The van der Waals surface area contributed by atoms with Crippen LogP contribution in [0, 0.1) is 0 Å². The van der Waals surface area contributed by atoms with Crippen LogP contribution in [-0.2, 0) is 5.88 Å². The predicted molar refractivity (Wildman–Crippen MR) is 65.8 cm³/mol. The van der Waals surface area contributed by atoms with Gasteiger partial charge in [-0.25, -0.2) is 4.98 Å². The maximum absolute atomic E-state index is 8.95. The molecule has 1 heterocycles. The quantitative estimate of drug-likeness (QED) is 0.728. The van der Waals surface area contributed by atoms with Crippen LogP contribution in [0.2, 0.25) is 0 Å². The van der Waals surface area contributed by atoms with Gasteiger partial charge in [-0.05, 0) is 6.92 Å². The van der Waals surface area contributed by atoms with Crippen LogP contribution >= 0.6 is 22.9 Å². The minimum atomic E-state index is 0.0814. The second-order valence-corrected chi connectivity index (χ2v) is 4.63. The molecule has 1 aromatic heterocycles. The van der Waals surface area contributed by atoms with Crippen molar-refractivity contribution in [2.75, 3.05) is 26.3 Å². The summed E-state index contributed by atoms with van der Waals surface area (Å²) in [5.74, 6) is 0.420. The fraction of sp³-hybridized carbons (Fsp3) is 0.700. The first-order valence-electron chi connectivity index (χ1n) is 5.19. The van der Waals surface area contributed by atoms with Crippen molar-refractivity contribution in [2.45, 2.75) is 18.8 Å². The summed E-state index contributed by atoms with van der Waals surface area (Å²) >= 11 is 7.26. The number of nitrogens with zero attached hydrogens (tertiary/aromatic N) is 2. The van der Waals surface area contributed by atoms with Crippen LogP contribution in [0.1, 0.15) is 23.7 Å². The minimum Gasteiger partial charge on any atom is -0.395 e. The zero-order valence-corrected chi connectivity index (χ0v) is 10.8. The Balaban J connectivity index is 2.68. The molecule has 4 nitrogen and oxygen atoms in total. The van der Waals surface area contributed by atoms with E-state index in [9.17, 15) is 0 Å². The van der Waals surface area contributed by atoms with Crippen LogP contribution < -0.4 is 0 Å². The van der Waals surface area contributed by atoms with E-state index >= 15 is 0 Å². The highest BCUT2D eigenvalue weighted by Gasteiger charge is 2.17. The first-order chi connectivity index (χ1) is 7.72. The van der Waals surface area contributed by atoms with E-state index in [1.54, 1.807) is 11.3 Å². The van der Waals surface area contributed by atoms with Gasteiger partial charge in [0.2, 0.25) is 0 Å². The first-order valence-corrected chi connectivity index (χ1v) is 6.60. The molecule has 0 aliphatic carbocycles. The van der Waals surface area contributed by atoms with Gasteiger partial charge in [0, 0.05) is 18.5 Å². The molecule has 0 bridgehead atoms. The van der Waals surface area contributed by atoms with E-state index in [1.165, 1.54) is 0 Å². The Morgan fingerprint density at radius 1 is 1.44 bits per heavy atom. The van der Waals surface area contributed by atoms with Crippen LogP contribution in [0.25, 0.3) is 0 Å². The van der Waals surface area contributed by atoms with Crippen LogP contribution in [0.5, 0.6) is 0 Å². The number of aromatic nitrogens is 1. The van der Waals surface area contributed by atoms with Gasteiger partial charge in [0.1, 0.15) is 5.01 Å². The molecule has 1 unspecified atom stereocenters. The predicted octanol–water partition coefficient (Wildman–Crippen LogP) is 1.23. The van der Waals surface area contributed by atoms with Crippen molar-refractivity contribution in [1.29, 1.82) is 0 Å². The monoisotopic (exact) mass is 264 g/mol. The summed E-state index contributed by atoms with van der Waals surface area (Å²) < 4.78 is 0. The topological polar surface area (TPSA) is 56.6 Å². The lowest BCUT2D eigenvalue weighted by Gasteiger charge is -2.25. The molecule has 1 rings (SSSR count). The number of aliphatic hydroxyl groups is 2. The number of aliphatic hydroxyl groups excluding tert-OH is 2. The van der Waals surface area contributed by atoms with E-state index in [0.29, 0.717) is 19.0 Å². The van der Waals surface area contributed by atoms with Gasteiger partial charge >= 0.3 is 0 Å². The summed E-state index contributed by atoms with van der Waals surface area (Å²) in [6.07, 6.45) is 0. The Bertz CT molecular complexity index is 303. The van der Waals surface area contributed by atoms with Gasteiger partial charge in [-0.3, -0.25) is 4.90 Å². The van der Waals surface area contributed by atoms with Crippen molar-refractivity contribution in [3.05, 3.63) is 16.1 Å². The molecule has 1 aromatic rings. The maximum Gasteiger partial charge on any atom is 0.110 e. The molecule has 0 saturated heterocycles. The van der Waals surface area contributed by atoms with Gasteiger partial charge in [0.15, 0.2) is 0 Å². The van der Waals surface area contributed by atoms with Gasteiger partial charge in [-0.1, -0.05) is 0 Å². The molecular formula is C10H17ClN2O2S. The molecule has 0 aromatic carbocycles. The van der Waals surface area contributed by atoms with Crippen LogP contribution in [-0.4, -0.2) is 46.4 Å². The largest absolute Gasteiger partial charge is 0.395 e. The van der Waals surface area contributed by atoms with E-state index in [-0.39, 0.29) is 19.3 Å². The molecule has 2 N–H and O–H groups in total. The van der Waals surface area contributed by atoms with Crippen LogP contribution in [0.15, 0.2) is 5.38 Å². The fourth-order valence-corrected chi connectivity index (χ4v) is 2.63. The maximum atomic E-state index is 8.95. The Morgan fingerprint density at radius 2 is 2.06 bits per heavy atom. The third kappa shape index (κ3) is 3.68. The molecule has 0 aliphatic rings. The van der Waals surface area contributed by atoms with Crippen molar-refractivity contribution in [2.24, 2.45) is 0 Å². The average molecular weight is 265 g/mol. The summed E-state index contributed by atoms with van der Waals surface area (Å²) in [6, 6.07) is 0.0984. The highest BCUT2D eigenvalue weighted by atomic mass is 35.5. The second-order valence-electron chi connectivity index (χ2n) is 3.47. The lowest BCUT2D eigenvalue weighted by atomic mass is 10.3. The third-order valence-corrected chi connectivity index (χ3v) is 3.72. The Hall–Kier alpha value is -0.200. The normalized spacial score (nSPS) is 13.3. The minimum absolute atomic E-state index is 0.0814. The summed E-state index contributed by atoms with van der Waals surface area (Å²) in [4.78, 5) is 6.39. The van der Waals surface area contributed by atoms with Gasteiger partial charge in [-0.15, -0.1) is 22.9 Å². The van der Waals surface area contributed by atoms with E-state index in [4.69, 9.17) is 21.8 Å². The molecule has 1 atom stereocenters.